The van der Waals surface area contributed by atoms with Crippen LogP contribution >= 0.6 is 0 Å². The van der Waals surface area contributed by atoms with Gasteiger partial charge in [0.15, 0.2) is 0 Å². The molecule has 0 saturated heterocycles. The second-order valence-electron chi connectivity index (χ2n) is 2.59. The fraction of sp³-hybridized carbons (Fsp3) is 0.500. The molecular weight excluding hydrogens is 164 g/mol. The first-order valence-corrected chi connectivity index (χ1v) is 4.54. The monoisotopic (exact) mass is 182 g/mol. The van der Waals surface area contributed by atoms with Gasteiger partial charge in [-0.05, 0) is 11.6 Å². The number of nitrogens with zero attached hydrogens (tertiary/aromatic N) is 1. The lowest BCUT2D eigenvalue weighted by Gasteiger charge is -1.97. The normalized spacial score (nSPS) is 8.62. The van der Waals surface area contributed by atoms with Crippen molar-refractivity contribution in [2.75, 3.05) is 0 Å². The van der Waals surface area contributed by atoms with E-state index < -0.39 is 0 Å². The molecule has 0 aromatic carbocycles. The first-order chi connectivity index (χ1) is 6.18. The average Bonchev–Trinajstić information content (AvgIpc) is 2.52. The highest BCUT2D eigenvalue weighted by Gasteiger charge is 1.94. The zero-order valence-electron chi connectivity index (χ0n) is 8.79. The molecule has 0 saturated carbocycles. The molecule has 0 fully saturated rings. The van der Waals surface area contributed by atoms with E-state index in [-0.39, 0.29) is 5.91 Å². The van der Waals surface area contributed by atoms with E-state index in [0.717, 1.165) is 5.56 Å². The Bertz CT molecular complexity index is 253. The van der Waals surface area contributed by atoms with Crippen molar-refractivity contribution in [1.29, 1.82) is 0 Å². The van der Waals surface area contributed by atoms with Crippen LogP contribution in [0.1, 0.15) is 26.3 Å². The predicted molar refractivity (Wildman–Crippen MR) is 54.3 cm³/mol. The number of nitrogens with one attached hydrogen (secondary N) is 1. The van der Waals surface area contributed by atoms with Crippen LogP contribution in [0.4, 0.5) is 0 Å². The third-order valence-corrected chi connectivity index (χ3v) is 1.43. The van der Waals surface area contributed by atoms with Crippen LogP contribution in [-0.4, -0.2) is 10.5 Å². The van der Waals surface area contributed by atoms with Crippen molar-refractivity contribution in [2.24, 2.45) is 7.05 Å². The molecule has 74 valence electrons. The van der Waals surface area contributed by atoms with E-state index >= 15 is 0 Å². The van der Waals surface area contributed by atoms with Crippen LogP contribution in [0.25, 0.3) is 0 Å². The highest BCUT2D eigenvalue weighted by molar-refractivity contribution is 5.72. The molecule has 0 aliphatic rings. The maximum Gasteiger partial charge on any atom is 0.217 e. The number of rotatable bonds is 2. The lowest BCUT2D eigenvalue weighted by atomic mass is 10.3. The Hall–Kier alpha value is -1.25. The summed E-state index contributed by atoms with van der Waals surface area (Å²) >= 11 is 0. The molecule has 1 amide bonds. The molecule has 1 N–H and O–H groups in total. The highest BCUT2D eigenvalue weighted by Crippen LogP contribution is 1.97. The van der Waals surface area contributed by atoms with E-state index in [2.05, 4.69) is 5.32 Å². The van der Waals surface area contributed by atoms with Gasteiger partial charge in [-0.1, -0.05) is 13.8 Å². The van der Waals surface area contributed by atoms with Crippen LogP contribution in [0.15, 0.2) is 18.5 Å². The van der Waals surface area contributed by atoms with Crippen molar-refractivity contribution in [2.45, 2.75) is 27.3 Å². The predicted octanol–water partition coefficient (Wildman–Crippen LogP) is 1.69. The quantitative estimate of drug-likeness (QED) is 0.742. The molecule has 0 atom stereocenters. The summed E-state index contributed by atoms with van der Waals surface area (Å²) in [6.07, 6.45) is 3.94. The summed E-state index contributed by atoms with van der Waals surface area (Å²) in [7, 11) is 1.96. The second-order valence-corrected chi connectivity index (χ2v) is 2.59. The summed E-state index contributed by atoms with van der Waals surface area (Å²) in [5, 5.41) is 2.72. The van der Waals surface area contributed by atoms with Gasteiger partial charge in [0.2, 0.25) is 5.91 Å². The van der Waals surface area contributed by atoms with Crippen molar-refractivity contribution in [3.05, 3.63) is 24.0 Å². The molecule has 0 radical (unpaired) electrons. The van der Waals surface area contributed by atoms with Gasteiger partial charge in [-0.2, -0.15) is 0 Å². The first kappa shape index (κ1) is 11.8. The smallest absolute Gasteiger partial charge is 0.217 e. The zero-order chi connectivity index (χ0) is 10.3. The topological polar surface area (TPSA) is 34.0 Å². The van der Waals surface area contributed by atoms with Crippen molar-refractivity contribution >= 4 is 5.91 Å². The maximum atomic E-state index is 10.5. The molecule has 3 heteroatoms. The standard InChI is InChI=1S/C8H12N2O.C2H6/c1-7(11)9-5-8-3-4-10(2)6-8;1-2/h3-4,6H,5H2,1-2H3,(H,9,11);1-2H3. The van der Waals surface area contributed by atoms with Gasteiger partial charge >= 0.3 is 0 Å². The van der Waals surface area contributed by atoms with Crippen LogP contribution in [0.3, 0.4) is 0 Å². The Morgan fingerprint density at radius 3 is 2.54 bits per heavy atom. The number of hydrogen-bond acceptors (Lipinski definition) is 1. The SMILES string of the molecule is CC.CC(=O)NCc1ccn(C)c1. The molecular formula is C10H18N2O. The second kappa shape index (κ2) is 6.29. The fourth-order valence-electron chi connectivity index (χ4n) is 0.892. The number of carbonyl (C=O) groups is 1. The molecule has 1 aromatic heterocycles. The molecule has 1 aromatic rings. The number of aromatic nitrogens is 1. The van der Waals surface area contributed by atoms with Crippen molar-refractivity contribution in [3.63, 3.8) is 0 Å². The van der Waals surface area contributed by atoms with Gasteiger partial charge in [0.05, 0.1) is 0 Å². The number of amides is 1. The Kier molecular flexibility index (Phi) is 5.68. The minimum absolute atomic E-state index is 0.00820. The van der Waals surface area contributed by atoms with E-state index in [1.165, 1.54) is 6.92 Å². The van der Waals surface area contributed by atoms with E-state index in [4.69, 9.17) is 0 Å². The van der Waals surface area contributed by atoms with Gasteiger partial charge in [-0.3, -0.25) is 4.79 Å². The van der Waals surface area contributed by atoms with E-state index in [1.807, 2.05) is 43.9 Å². The Morgan fingerprint density at radius 2 is 2.15 bits per heavy atom. The first-order valence-electron chi connectivity index (χ1n) is 4.54. The molecule has 3 nitrogen and oxygen atoms in total. The highest BCUT2D eigenvalue weighted by atomic mass is 16.1. The summed E-state index contributed by atoms with van der Waals surface area (Å²) < 4.78 is 1.96. The summed E-state index contributed by atoms with van der Waals surface area (Å²) in [6, 6.07) is 1.98. The van der Waals surface area contributed by atoms with Gasteiger partial charge in [-0.25, -0.2) is 0 Å². The molecule has 0 spiro atoms. The number of hydrogen-bond donors (Lipinski definition) is 1. The van der Waals surface area contributed by atoms with Crippen molar-refractivity contribution in [3.8, 4) is 0 Å². The van der Waals surface area contributed by atoms with Crippen LogP contribution in [0, 0.1) is 0 Å². The summed E-state index contributed by atoms with van der Waals surface area (Å²) in [5.74, 6) is 0.00820. The molecule has 1 rings (SSSR count). The van der Waals surface area contributed by atoms with Crippen LogP contribution in [0.5, 0.6) is 0 Å². The van der Waals surface area contributed by atoms with Gasteiger partial charge in [0.25, 0.3) is 0 Å². The Morgan fingerprint density at radius 1 is 1.54 bits per heavy atom. The van der Waals surface area contributed by atoms with Gasteiger partial charge in [-0.15, -0.1) is 0 Å². The van der Waals surface area contributed by atoms with E-state index in [0.29, 0.717) is 6.54 Å². The molecule has 0 aliphatic carbocycles. The third-order valence-electron chi connectivity index (χ3n) is 1.43. The lowest BCUT2D eigenvalue weighted by Crippen LogP contribution is -2.18. The average molecular weight is 182 g/mol. The lowest BCUT2D eigenvalue weighted by molar-refractivity contribution is -0.119. The summed E-state index contributed by atoms with van der Waals surface area (Å²) in [4.78, 5) is 10.5. The Labute approximate surface area is 79.8 Å². The van der Waals surface area contributed by atoms with Gasteiger partial charge in [0, 0.05) is 32.9 Å². The van der Waals surface area contributed by atoms with Gasteiger partial charge < -0.3 is 9.88 Å². The minimum atomic E-state index is 0.00820. The molecule has 0 bridgehead atoms. The van der Waals surface area contributed by atoms with Crippen LogP contribution in [0.2, 0.25) is 0 Å². The van der Waals surface area contributed by atoms with Gasteiger partial charge in [0.1, 0.15) is 0 Å². The molecule has 0 aliphatic heterocycles. The van der Waals surface area contributed by atoms with Crippen LogP contribution in [-0.2, 0) is 18.4 Å². The number of carbonyl (C=O) groups excluding carboxylic acids is 1. The van der Waals surface area contributed by atoms with Crippen molar-refractivity contribution < 1.29 is 4.79 Å². The van der Waals surface area contributed by atoms with Crippen molar-refractivity contribution in [1.82, 2.24) is 9.88 Å². The minimum Gasteiger partial charge on any atom is -0.357 e. The zero-order valence-corrected chi connectivity index (χ0v) is 8.79. The molecule has 0 unspecified atom stereocenters. The summed E-state index contributed by atoms with van der Waals surface area (Å²) in [5.41, 5.74) is 1.13. The van der Waals surface area contributed by atoms with E-state index in [1.54, 1.807) is 0 Å². The Balaban J connectivity index is 0.000000671. The summed E-state index contributed by atoms with van der Waals surface area (Å²) in [6.45, 7) is 6.14. The van der Waals surface area contributed by atoms with Crippen LogP contribution < -0.4 is 5.32 Å². The third kappa shape index (κ3) is 5.06. The maximum absolute atomic E-state index is 10.5. The number of aryl methyl sites for hydroxylation is 1. The fourth-order valence-corrected chi connectivity index (χ4v) is 0.892. The van der Waals surface area contributed by atoms with E-state index in [9.17, 15) is 4.79 Å². The molecule has 13 heavy (non-hydrogen) atoms. The molecule has 1 heterocycles. The largest absolute Gasteiger partial charge is 0.357 e.